The third kappa shape index (κ3) is 3.41. The summed E-state index contributed by atoms with van der Waals surface area (Å²) < 4.78 is 26.8. The minimum Gasteiger partial charge on any atom is -0.481 e. The monoisotopic (exact) mass is 240 g/mol. The molecule has 0 spiro atoms. The smallest absolute Gasteiger partial charge is 0.305 e. The molecule has 0 aliphatic heterocycles. The van der Waals surface area contributed by atoms with Gasteiger partial charge in [-0.2, -0.15) is 5.26 Å². The molecule has 0 fully saturated rings. The fraction of sp³-hybridized carbons (Fsp3) is 0.273. The number of carboxylic acid groups (broad SMARTS) is 1. The molecule has 1 aromatic rings. The molecule has 0 aliphatic carbocycles. The Morgan fingerprint density at radius 3 is 2.47 bits per heavy atom. The number of anilines is 1. The zero-order valence-corrected chi connectivity index (χ0v) is 8.86. The largest absolute Gasteiger partial charge is 0.481 e. The van der Waals surface area contributed by atoms with E-state index in [-0.39, 0.29) is 25.2 Å². The van der Waals surface area contributed by atoms with Crippen LogP contribution in [0.3, 0.4) is 0 Å². The van der Waals surface area contributed by atoms with E-state index >= 15 is 0 Å². The van der Waals surface area contributed by atoms with Crippen LogP contribution in [0.2, 0.25) is 0 Å². The van der Waals surface area contributed by atoms with Crippen molar-refractivity contribution in [1.82, 2.24) is 0 Å². The molecule has 0 aromatic heterocycles. The third-order valence-corrected chi connectivity index (χ3v) is 2.11. The van der Waals surface area contributed by atoms with Crippen LogP contribution in [0.1, 0.15) is 6.42 Å². The van der Waals surface area contributed by atoms with Gasteiger partial charge in [0.05, 0.1) is 12.5 Å². The lowest BCUT2D eigenvalue weighted by Gasteiger charge is -2.21. The lowest BCUT2D eigenvalue weighted by molar-refractivity contribution is -0.136. The number of carbonyl (C=O) groups is 1. The predicted octanol–water partition coefficient (Wildman–Crippen LogP) is 1.77. The average Bonchev–Trinajstić information content (AvgIpc) is 2.25. The number of hydrogen-bond donors (Lipinski definition) is 1. The Balaban J connectivity index is 2.97. The molecule has 0 heterocycles. The molecule has 4 nitrogen and oxygen atoms in total. The maximum absolute atomic E-state index is 13.4. The molecule has 17 heavy (non-hydrogen) atoms. The Hall–Kier alpha value is -2.16. The first-order chi connectivity index (χ1) is 8.06. The van der Waals surface area contributed by atoms with Crippen molar-refractivity contribution in [3.63, 3.8) is 0 Å². The average molecular weight is 240 g/mol. The fourth-order valence-corrected chi connectivity index (χ4v) is 1.38. The highest BCUT2D eigenvalue weighted by molar-refractivity contribution is 5.67. The van der Waals surface area contributed by atoms with Gasteiger partial charge in [0.25, 0.3) is 0 Å². The molecule has 0 aliphatic rings. The number of nitrogens with zero attached hydrogens (tertiary/aromatic N) is 2. The van der Waals surface area contributed by atoms with Crippen molar-refractivity contribution in [2.45, 2.75) is 6.42 Å². The van der Waals surface area contributed by atoms with Gasteiger partial charge in [0.2, 0.25) is 0 Å². The molecule has 1 rings (SSSR count). The zero-order valence-electron chi connectivity index (χ0n) is 8.86. The van der Waals surface area contributed by atoms with Crippen LogP contribution in [0, 0.1) is 23.0 Å². The Morgan fingerprint density at radius 1 is 1.41 bits per heavy atom. The summed E-state index contributed by atoms with van der Waals surface area (Å²) in [6, 6.07) is 5.07. The van der Waals surface area contributed by atoms with Gasteiger partial charge < -0.3 is 10.0 Å². The SMILES string of the molecule is N#CCN(CCC(=O)O)c1c(F)cccc1F. The van der Waals surface area contributed by atoms with E-state index < -0.39 is 17.6 Å². The first-order valence-electron chi connectivity index (χ1n) is 4.84. The maximum Gasteiger partial charge on any atom is 0.305 e. The second-order valence-electron chi connectivity index (χ2n) is 3.29. The lowest BCUT2D eigenvalue weighted by Crippen LogP contribution is -2.28. The van der Waals surface area contributed by atoms with Crippen LogP contribution < -0.4 is 4.90 Å². The van der Waals surface area contributed by atoms with Crippen molar-refractivity contribution in [3.05, 3.63) is 29.8 Å². The van der Waals surface area contributed by atoms with Crippen molar-refractivity contribution in [2.24, 2.45) is 0 Å². The standard InChI is InChI=1S/C11H10F2N2O2/c12-8-2-1-3-9(13)11(8)15(7-5-14)6-4-10(16)17/h1-3H,4,6-7H2,(H,16,17). The van der Waals surface area contributed by atoms with Crippen molar-refractivity contribution >= 4 is 11.7 Å². The Morgan fingerprint density at radius 2 is 2.00 bits per heavy atom. The van der Waals surface area contributed by atoms with E-state index in [9.17, 15) is 13.6 Å². The lowest BCUT2D eigenvalue weighted by atomic mass is 10.2. The molecule has 0 bridgehead atoms. The van der Waals surface area contributed by atoms with E-state index in [1.54, 1.807) is 6.07 Å². The molecule has 1 aromatic carbocycles. The number of hydrogen-bond acceptors (Lipinski definition) is 3. The van der Waals surface area contributed by atoms with Crippen molar-refractivity contribution in [1.29, 1.82) is 5.26 Å². The fourth-order valence-electron chi connectivity index (χ4n) is 1.38. The molecule has 0 atom stereocenters. The van der Waals surface area contributed by atoms with Gasteiger partial charge in [-0.25, -0.2) is 8.78 Å². The van der Waals surface area contributed by atoms with E-state index in [0.717, 1.165) is 17.0 Å². The van der Waals surface area contributed by atoms with Gasteiger partial charge in [0, 0.05) is 6.54 Å². The van der Waals surface area contributed by atoms with Crippen LogP contribution in [0.15, 0.2) is 18.2 Å². The number of para-hydroxylation sites is 1. The van der Waals surface area contributed by atoms with E-state index in [4.69, 9.17) is 10.4 Å². The minimum atomic E-state index is -1.09. The normalized spacial score (nSPS) is 9.71. The van der Waals surface area contributed by atoms with Crippen LogP contribution in [0.25, 0.3) is 0 Å². The molecule has 6 heteroatoms. The van der Waals surface area contributed by atoms with Gasteiger partial charge in [0.1, 0.15) is 23.9 Å². The highest BCUT2D eigenvalue weighted by Gasteiger charge is 2.16. The molecule has 0 saturated carbocycles. The summed E-state index contributed by atoms with van der Waals surface area (Å²) in [4.78, 5) is 11.5. The minimum absolute atomic E-state index is 0.124. The molecule has 0 saturated heterocycles. The van der Waals surface area contributed by atoms with Gasteiger partial charge in [-0.1, -0.05) is 6.07 Å². The first kappa shape index (κ1) is 12.9. The molecular formula is C11H10F2N2O2. The Labute approximate surface area is 96.7 Å². The number of nitriles is 1. The summed E-state index contributed by atoms with van der Waals surface area (Å²) in [5, 5.41) is 17.1. The van der Waals surface area contributed by atoms with Gasteiger partial charge in [0.15, 0.2) is 0 Å². The van der Waals surface area contributed by atoms with E-state index in [0.29, 0.717) is 0 Å². The van der Waals surface area contributed by atoms with Crippen LogP contribution in [-0.2, 0) is 4.79 Å². The van der Waals surface area contributed by atoms with Crippen molar-refractivity contribution in [2.75, 3.05) is 18.0 Å². The maximum atomic E-state index is 13.4. The topological polar surface area (TPSA) is 64.3 Å². The highest BCUT2D eigenvalue weighted by atomic mass is 19.1. The summed E-state index contributed by atoms with van der Waals surface area (Å²) in [6.07, 6.45) is -0.296. The van der Waals surface area contributed by atoms with Gasteiger partial charge in [-0.3, -0.25) is 4.79 Å². The second-order valence-corrected chi connectivity index (χ2v) is 3.29. The summed E-state index contributed by atoms with van der Waals surface area (Å²) in [7, 11) is 0. The highest BCUT2D eigenvalue weighted by Crippen LogP contribution is 2.22. The number of benzene rings is 1. The molecule has 0 unspecified atom stereocenters. The number of aliphatic carboxylic acids is 1. The summed E-state index contributed by atoms with van der Waals surface area (Å²) in [5.74, 6) is -2.72. The summed E-state index contributed by atoms with van der Waals surface area (Å²) >= 11 is 0. The molecular weight excluding hydrogens is 230 g/mol. The molecule has 1 N–H and O–H groups in total. The van der Waals surface area contributed by atoms with Crippen molar-refractivity contribution < 1.29 is 18.7 Å². The van der Waals surface area contributed by atoms with Gasteiger partial charge >= 0.3 is 5.97 Å². The van der Waals surface area contributed by atoms with E-state index in [1.165, 1.54) is 6.07 Å². The molecule has 0 amide bonds. The van der Waals surface area contributed by atoms with Gasteiger partial charge in [-0.05, 0) is 12.1 Å². The van der Waals surface area contributed by atoms with E-state index in [1.807, 2.05) is 0 Å². The molecule has 90 valence electrons. The number of carboxylic acids is 1. The van der Waals surface area contributed by atoms with Crippen molar-refractivity contribution in [3.8, 4) is 6.07 Å². The molecule has 0 radical (unpaired) electrons. The van der Waals surface area contributed by atoms with Crippen LogP contribution in [-0.4, -0.2) is 24.2 Å². The predicted molar refractivity (Wildman–Crippen MR) is 56.4 cm³/mol. The Bertz CT molecular complexity index is 437. The zero-order chi connectivity index (χ0) is 12.8. The van der Waals surface area contributed by atoms with Crippen LogP contribution in [0.4, 0.5) is 14.5 Å². The van der Waals surface area contributed by atoms with Crippen LogP contribution in [0.5, 0.6) is 0 Å². The second kappa shape index (κ2) is 5.80. The number of halogens is 2. The first-order valence-corrected chi connectivity index (χ1v) is 4.84. The third-order valence-electron chi connectivity index (χ3n) is 2.11. The van der Waals surface area contributed by atoms with E-state index in [2.05, 4.69) is 0 Å². The summed E-state index contributed by atoms with van der Waals surface area (Å²) in [6.45, 7) is -0.397. The van der Waals surface area contributed by atoms with Crippen LogP contribution >= 0.6 is 0 Å². The number of rotatable bonds is 5. The Kier molecular flexibility index (Phi) is 4.40. The van der Waals surface area contributed by atoms with Gasteiger partial charge in [-0.15, -0.1) is 0 Å². The summed E-state index contributed by atoms with van der Waals surface area (Å²) in [5.41, 5.74) is -0.365. The quantitative estimate of drug-likeness (QED) is 0.796.